The number of hydrogen-bond acceptors (Lipinski definition) is 4. The van der Waals surface area contributed by atoms with Crippen molar-refractivity contribution in [3.8, 4) is 0 Å². The number of carbonyl (C=O) groups is 2. The number of hydrogen-bond donors (Lipinski definition) is 2. The Morgan fingerprint density at radius 3 is 2.53 bits per heavy atom. The van der Waals surface area contributed by atoms with Gasteiger partial charge < -0.3 is 20.1 Å². The van der Waals surface area contributed by atoms with Gasteiger partial charge in [0.1, 0.15) is 6.10 Å². The van der Waals surface area contributed by atoms with Crippen LogP contribution in [0.15, 0.2) is 0 Å². The average molecular weight is 270 g/mol. The molecule has 2 aliphatic rings. The molecule has 1 heterocycles. The molecule has 1 aliphatic heterocycles. The third-order valence-electron chi connectivity index (χ3n) is 3.56. The Morgan fingerprint density at radius 2 is 1.84 bits per heavy atom. The molecule has 1 saturated heterocycles. The number of nitrogens with one attached hydrogen (secondary N) is 2. The number of rotatable bonds is 3. The van der Waals surface area contributed by atoms with E-state index in [9.17, 15) is 9.59 Å². The highest BCUT2D eigenvalue weighted by Crippen LogP contribution is 2.37. The van der Waals surface area contributed by atoms with Crippen LogP contribution in [0.3, 0.4) is 0 Å². The van der Waals surface area contributed by atoms with Crippen molar-refractivity contribution in [2.45, 2.75) is 50.9 Å². The molecule has 2 amide bonds. The van der Waals surface area contributed by atoms with E-state index in [-0.39, 0.29) is 6.10 Å². The molecule has 0 bridgehead atoms. The van der Waals surface area contributed by atoms with E-state index in [1.807, 2.05) is 0 Å². The molecule has 0 aromatic heterocycles. The molecule has 1 saturated carbocycles. The van der Waals surface area contributed by atoms with Crippen molar-refractivity contribution in [1.82, 2.24) is 10.6 Å². The zero-order chi connectivity index (χ0) is 13.7. The van der Waals surface area contributed by atoms with Gasteiger partial charge >= 0.3 is 11.8 Å². The first-order valence-electron chi connectivity index (χ1n) is 7.03. The third-order valence-corrected chi connectivity index (χ3v) is 3.56. The van der Waals surface area contributed by atoms with Gasteiger partial charge in [-0.05, 0) is 19.8 Å². The van der Waals surface area contributed by atoms with E-state index in [1.54, 1.807) is 6.92 Å². The summed E-state index contributed by atoms with van der Waals surface area (Å²) >= 11 is 0. The summed E-state index contributed by atoms with van der Waals surface area (Å²) < 4.78 is 11.7. The Labute approximate surface area is 113 Å². The fourth-order valence-electron chi connectivity index (χ4n) is 2.60. The summed E-state index contributed by atoms with van der Waals surface area (Å²) in [6.07, 6.45) is 5.17. The van der Waals surface area contributed by atoms with E-state index < -0.39 is 17.6 Å². The van der Waals surface area contributed by atoms with E-state index in [1.165, 1.54) is 6.42 Å². The summed E-state index contributed by atoms with van der Waals surface area (Å²) in [7, 11) is 0. The van der Waals surface area contributed by atoms with Gasteiger partial charge in [0, 0.05) is 25.9 Å². The minimum Gasteiger partial charge on any atom is -0.348 e. The largest absolute Gasteiger partial charge is 0.348 e. The molecule has 2 rings (SSSR count). The minimum atomic E-state index is -0.616. The standard InChI is InChI=1S/C13H22N2O4/c1-2-14-11(16)12(17)15-8-10-9-18-13(19-10)6-4-3-5-7-13/h10H,2-9H2,1H3,(H,14,16)(H,15,17)/t10-/m0/s1. The summed E-state index contributed by atoms with van der Waals surface area (Å²) in [5.74, 6) is -1.65. The third kappa shape index (κ3) is 3.67. The average Bonchev–Trinajstić information content (AvgIpc) is 2.80. The smallest absolute Gasteiger partial charge is 0.309 e. The van der Waals surface area contributed by atoms with Crippen LogP contribution in [0.2, 0.25) is 0 Å². The second-order valence-corrected chi connectivity index (χ2v) is 5.09. The molecule has 2 fully saturated rings. The van der Waals surface area contributed by atoms with Crippen molar-refractivity contribution in [3.05, 3.63) is 0 Å². The lowest BCUT2D eigenvalue weighted by molar-refractivity contribution is -0.186. The molecular weight excluding hydrogens is 248 g/mol. The second-order valence-electron chi connectivity index (χ2n) is 5.09. The second kappa shape index (κ2) is 6.34. The molecule has 1 atom stereocenters. The Bertz CT molecular complexity index is 340. The molecular formula is C13H22N2O4. The molecule has 0 aromatic rings. The van der Waals surface area contributed by atoms with Gasteiger partial charge in [-0.25, -0.2) is 0 Å². The SMILES string of the molecule is CCNC(=O)C(=O)NC[C@H]1COC2(CCCCC2)O1. The Balaban J connectivity index is 1.73. The quantitative estimate of drug-likeness (QED) is 0.724. The Morgan fingerprint density at radius 1 is 1.16 bits per heavy atom. The van der Waals surface area contributed by atoms with Gasteiger partial charge in [0.25, 0.3) is 0 Å². The van der Waals surface area contributed by atoms with Crippen molar-refractivity contribution in [3.63, 3.8) is 0 Å². The fourth-order valence-corrected chi connectivity index (χ4v) is 2.60. The van der Waals surface area contributed by atoms with Crippen LogP contribution in [0.25, 0.3) is 0 Å². The zero-order valence-electron chi connectivity index (χ0n) is 11.4. The molecule has 6 heteroatoms. The van der Waals surface area contributed by atoms with Crippen molar-refractivity contribution >= 4 is 11.8 Å². The first-order valence-corrected chi connectivity index (χ1v) is 7.03. The highest BCUT2D eigenvalue weighted by Gasteiger charge is 2.42. The van der Waals surface area contributed by atoms with Crippen LogP contribution in [0.5, 0.6) is 0 Å². The lowest BCUT2D eigenvalue weighted by Gasteiger charge is -2.31. The highest BCUT2D eigenvalue weighted by atomic mass is 16.7. The topological polar surface area (TPSA) is 76.7 Å². The molecule has 19 heavy (non-hydrogen) atoms. The maximum Gasteiger partial charge on any atom is 0.309 e. The molecule has 6 nitrogen and oxygen atoms in total. The molecule has 2 N–H and O–H groups in total. The summed E-state index contributed by atoms with van der Waals surface area (Å²) in [5, 5.41) is 5.03. The van der Waals surface area contributed by atoms with E-state index >= 15 is 0 Å². The predicted octanol–water partition coefficient (Wildman–Crippen LogP) is 0.315. The van der Waals surface area contributed by atoms with Crippen molar-refractivity contribution < 1.29 is 19.1 Å². The number of amides is 2. The van der Waals surface area contributed by atoms with Crippen LogP contribution >= 0.6 is 0 Å². The lowest BCUT2D eigenvalue weighted by Crippen LogP contribution is -2.43. The number of ether oxygens (including phenoxy) is 2. The normalized spacial score (nSPS) is 25.2. The number of likely N-dealkylation sites (N-methyl/N-ethyl adjacent to an activating group) is 1. The van der Waals surface area contributed by atoms with Crippen LogP contribution in [0.4, 0.5) is 0 Å². The van der Waals surface area contributed by atoms with Gasteiger partial charge in [-0.1, -0.05) is 6.42 Å². The van der Waals surface area contributed by atoms with Crippen molar-refractivity contribution in [1.29, 1.82) is 0 Å². The van der Waals surface area contributed by atoms with E-state index in [2.05, 4.69) is 10.6 Å². The summed E-state index contributed by atoms with van der Waals surface area (Å²) in [4.78, 5) is 22.7. The van der Waals surface area contributed by atoms with Gasteiger partial charge in [-0.2, -0.15) is 0 Å². The van der Waals surface area contributed by atoms with Crippen LogP contribution in [0.1, 0.15) is 39.0 Å². The molecule has 1 spiro atoms. The van der Waals surface area contributed by atoms with E-state index in [4.69, 9.17) is 9.47 Å². The first kappa shape index (κ1) is 14.3. The maximum atomic E-state index is 11.4. The number of carbonyl (C=O) groups excluding carboxylic acids is 2. The van der Waals surface area contributed by atoms with Crippen molar-refractivity contribution in [2.24, 2.45) is 0 Å². The fraction of sp³-hybridized carbons (Fsp3) is 0.846. The zero-order valence-corrected chi connectivity index (χ0v) is 11.4. The lowest BCUT2D eigenvalue weighted by atomic mass is 9.94. The van der Waals surface area contributed by atoms with Crippen LogP contribution in [-0.2, 0) is 19.1 Å². The van der Waals surface area contributed by atoms with Gasteiger partial charge in [0.2, 0.25) is 0 Å². The van der Waals surface area contributed by atoms with Gasteiger partial charge in [-0.3, -0.25) is 9.59 Å². The summed E-state index contributed by atoms with van der Waals surface area (Å²) in [6.45, 7) is 3.01. The maximum absolute atomic E-state index is 11.4. The van der Waals surface area contributed by atoms with E-state index in [0.717, 1.165) is 25.7 Å². The van der Waals surface area contributed by atoms with Crippen LogP contribution in [0, 0.1) is 0 Å². The van der Waals surface area contributed by atoms with Gasteiger partial charge in [0.15, 0.2) is 5.79 Å². The molecule has 108 valence electrons. The van der Waals surface area contributed by atoms with Crippen molar-refractivity contribution in [2.75, 3.05) is 19.7 Å². The first-order chi connectivity index (χ1) is 9.15. The molecule has 0 radical (unpaired) electrons. The predicted molar refractivity (Wildman–Crippen MR) is 68.3 cm³/mol. The molecule has 0 unspecified atom stereocenters. The van der Waals surface area contributed by atoms with Crippen LogP contribution < -0.4 is 10.6 Å². The molecule has 0 aromatic carbocycles. The van der Waals surface area contributed by atoms with Gasteiger partial charge in [0.05, 0.1) is 6.61 Å². The monoisotopic (exact) mass is 270 g/mol. The summed E-state index contributed by atoms with van der Waals surface area (Å²) in [5.41, 5.74) is 0. The van der Waals surface area contributed by atoms with Gasteiger partial charge in [-0.15, -0.1) is 0 Å². The summed E-state index contributed by atoms with van der Waals surface area (Å²) in [6, 6.07) is 0. The Kier molecular flexibility index (Phi) is 4.76. The van der Waals surface area contributed by atoms with Crippen LogP contribution in [-0.4, -0.2) is 43.4 Å². The Hall–Kier alpha value is -1.14. The van der Waals surface area contributed by atoms with E-state index in [0.29, 0.717) is 19.7 Å². The highest BCUT2D eigenvalue weighted by molar-refractivity contribution is 6.35. The minimum absolute atomic E-state index is 0.156. The molecule has 1 aliphatic carbocycles.